The zero-order valence-corrected chi connectivity index (χ0v) is 16.7. The van der Waals surface area contributed by atoms with Gasteiger partial charge in [0, 0.05) is 36.9 Å². The Morgan fingerprint density at radius 1 is 1.00 bits per heavy atom. The summed E-state index contributed by atoms with van der Waals surface area (Å²) in [5, 5.41) is 13.1. The third-order valence-electron chi connectivity index (χ3n) is 4.57. The number of carbonyl (C=O) groups is 1. The monoisotopic (exact) mass is 414 g/mol. The first kappa shape index (κ1) is 18.8. The molecule has 1 saturated heterocycles. The van der Waals surface area contributed by atoms with E-state index in [1.165, 1.54) is 11.8 Å². The summed E-state index contributed by atoms with van der Waals surface area (Å²) in [5.74, 6) is 0.406. The number of piperazine rings is 1. The second-order valence-corrected chi connectivity index (χ2v) is 7.72. The minimum Gasteiger partial charge on any atom is -0.368 e. The molecule has 1 aliphatic heterocycles. The summed E-state index contributed by atoms with van der Waals surface area (Å²) in [5.41, 5.74) is 1.97. The number of anilines is 1. The Morgan fingerprint density at radius 2 is 1.75 bits per heavy atom. The van der Waals surface area contributed by atoms with Gasteiger partial charge in [-0.25, -0.2) is 0 Å². The van der Waals surface area contributed by atoms with E-state index in [0.29, 0.717) is 24.0 Å². The number of nitrogens with zero attached hydrogens (tertiary/aromatic N) is 6. The smallest absolute Gasteiger partial charge is 0.233 e. The Kier molecular flexibility index (Phi) is 5.78. The van der Waals surface area contributed by atoms with Gasteiger partial charge in [-0.1, -0.05) is 47.6 Å². The van der Waals surface area contributed by atoms with Gasteiger partial charge in [-0.3, -0.25) is 4.79 Å². The van der Waals surface area contributed by atoms with Crippen LogP contribution >= 0.6 is 23.4 Å². The number of benzene rings is 2. The van der Waals surface area contributed by atoms with Crippen LogP contribution in [0.15, 0.2) is 59.8 Å². The van der Waals surface area contributed by atoms with Gasteiger partial charge < -0.3 is 9.80 Å². The second-order valence-electron chi connectivity index (χ2n) is 6.35. The van der Waals surface area contributed by atoms with Crippen molar-refractivity contribution in [1.82, 2.24) is 25.1 Å². The number of aromatic nitrogens is 4. The highest BCUT2D eigenvalue weighted by atomic mass is 35.5. The lowest BCUT2D eigenvalue weighted by atomic mass is 10.2. The molecule has 0 spiro atoms. The first-order valence-corrected chi connectivity index (χ1v) is 10.3. The summed E-state index contributed by atoms with van der Waals surface area (Å²) in [4.78, 5) is 16.8. The average molecular weight is 415 g/mol. The summed E-state index contributed by atoms with van der Waals surface area (Å²) in [6, 6.07) is 17.5. The van der Waals surface area contributed by atoms with Gasteiger partial charge in [0.1, 0.15) is 0 Å². The molecule has 1 amide bonds. The van der Waals surface area contributed by atoms with Crippen molar-refractivity contribution in [1.29, 1.82) is 0 Å². The lowest BCUT2D eigenvalue weighted by Crippen LogP contribution is -2.49. The lowest BCUT2D eigenvalue weighted by molar-refractivity contribution is -0.128. The molecule has 4 rings (SSSR count). The van der Waals surface area contributed by atoms with Crippen LogP contribution in [0.25, 0.3) is 5.69 Å². The molecule has 0 radical (unpaired) electrons. The molecule has 1 aromatic heterocycles. The van der Waals surface area contributed by atoms with Crippen LogP contribution in [0, 0.1) is 0 Å². The lowest BCUT2D eigenvalue weighted by Gasteiger charge is -2.36. The summed E-state index contributed by atoms with van der Waals surface area (Å²) in [6.07, 6.45) is 0. The fourth-order valence-corrected chi connectivity index (χ4v) is 4.08. The highest BCUT2D eigenvalue weighted by molar-refractivity contribution is 7.99. The molecule has 0 aliphatic carbocycles. The molecule has 3 aromatic rings. The van der Waals surface area contributed by atoms with E-state index in [1.807, 2.05) is 59.5 Å². The Bertz CT molecular complexity index is 942. The molecule has 0 N–H and O–H groups in total. The highest BCUT2D eigenvalue weighted by Crippen LogP contribution is 2.22. The number of amides is 1. The van der Waals surface area contributed by atoms with Gasteiger partial charge in [0.2, 0.25) is 11.1 Å². The Labute approximate surface area is 172 Å². The average Bonchev–Trinajstić information content (AvgIpc) is 3.21. The van der Waals surface area contributed by atoms with Gasteiger partial charge in [-0.05, 0) is 40.8 Å². The number of tetrazole rings is 1. The summed E-state index contributed by atoms with van der Waals surface area (Å²) in [6.45, 7) is 2.96. The van der Waals surface area contributed by atoms with Crippen LogP contribution in [0.5, 0.6) is 0 Å². The molecule has 0 saturated carbocycles. The number of hydrogen-bond acceptors (Lipinski definition) is 6. The predicted octanol–water partition coefficient (Wildman–Crippen LogP) is 2.76. The highest BCUT2D eigenvalue weighted by Gasteiger charge is 2.22. The van der Waals surface area contributed by atoms with E-state index in [-0.39, 0.29) is 5.91 Å². The van der Waals surface area contributed by atoms with Crippen molar-refractivity contribution < 1.29 is 4.79 Å². The number of hydrogen-bond donors (Lipinski definition) is 0. The largest absolute Gasteiger partial charge is 0.368 e. The Morgan fingerprint density at radius 3 is 2.50 bits per heavy atom. The van der Waals surface area contributed by atoms with Crippen molar-refractivity contribution in [2.75, 3.05) is 36.8 Å². The van der Waals surface area contributed by atoms with Gasteiger partial charge in [0.15, 0.2) is 0 Å². The maximum atomic E-state index is 12.6. The molecule has 144 valence electrons. The number of rotatable bonds is 5. The summed E-state index contributed by atoms with van der Waals surface area (Å²) in [7, 11) is 0. The van der Waals surface area contributed by atoms with E-state index in [4.69, 9.17) is 11.6 Å². The molecule has 1 fully saturated rings. The van der Waals surface area contributed by atoms with Gasteiger partial charge >= 0.3 is 0 Å². The molecule has 28 heavy (non-hydrogen) atoms. The van der Waals surface area contributed by atoms with Crippen LogP contribution in [-0.2, 0) is 4.79 Å². The normalized spacial score (nSPS) is 14.3. The molecule has 9 heteroatoms. The fraction of sp³-hybridized carbons (Fsp3) is 0.263. The van der Waals surface area contributed by atoms with Crippen molar-refractivity contribution in [3.63, 3.8) is 0 Å². The standard InChI is InChI=1S/C19H19ClN6OS/c20-15-5-4-8-17(13-15)24-9-11-25(12-10-24)18(27)14-28-19-21-22-23-26(19)16-6-2-1-3-7-16/h1-8,13H,9-12,14H2. The molecule has 2 aromatic carbocycles. The van der Waals surface area contributed by atoms with Gasteiger partial charge in [-0.15, -0.1) is 5.10 Å². The predicted molar refractivity (Wildman–Crippen MR) is 110 cm³/mol. The molecular weight excluding hydrogens is 396 g/mol. The van der Waals surface area contributed by atoms with Crippen molar-refractivity contribution in [3.05, 3.63) is 59.6 Å². The zero-order valence-electron chi connectivity index (χ0n) is 15.1. The summed E-state index contributed by atoms with van der Waals surface area (Å²) >= 11 is 7.43. The van der Waals surface area contributed by atoms with Crippen molar-refractivity contribution in [3.8, 4) is 5.69 Å². The van der Waals surface area contributed by atoms with Crippen LogP contribution in [-0.4, -0.2) is 62.9 Å². The molecule has 1 aliphatic rings. The van der Waals surface area contributed by atoms with Crippen molar-refractivity contribution in [2.24, 2.45) is 0 Å². The van der Waals surface area contributed by atoms with Crippen LogP contribution in [0.1, 0.15) is 0 Å². The van der Waals surface area contributed by atoms with E-state index in [0.717, 1.165) is 29.5 Å². The molecule has 2 heterocycles. The van der Waals surface area contributed by atoms with Gasteiger partial charge in [0.05, 0.1) is 11.4 Å². The van der Waals surface area contributed by atoms with Crippen LogP contribution in [0.2, 0.25) is 5.02 Å². The molecule has 0 unspecified atom stereocenters. The first-order chi connectivity index (χ1) is 13.7. The van der Waals surface area contributed by atoms with Crippen molar-refractivity contribution in [2.45, 2.75) is 5.16 Å². The van der Waals surface area contributed by atoms with E-state index in [9.17, 15) is 4.79 Å². The number of para-hydroxylation sites is 1. The third-order valence-corrected chi connectivity index (χ3v) is 5.71. The molecular formula is C19H19ClN6OS. The maximum absolute atomic E-state index is 12.6. The molecule has 7 nitrogen and oxygen atoms in total. The topological polar surface area (TPSA) is 67.2 Å². The van der Waals surface area contributed by atoms with E-state index in [2.05, 4.69) is 20.4 Å². The third kappa shape index (κ3) is 4.28. The Hall–Kier alpha value is -2.58. The number of thioether (sulfide) groups is 1. The van der Waals surface area contributed by atoms with E-state index >= 15 is 0 Å². The number of halogens is 1. The molecule has 0 atom stereocenters. The zero-order chi connectivity index (χ0) is 19.3. The first-order valence-electron chi connectivity index (χ1n) is 8.95. The van der Waals surface area contributed by atoms with E-state index < -0.39 is 0 Å². The van der Waals surface area contributed by atoms with Crippen LogP contribution in [0.4, 0.5) is 5.69 Å². The second kappa shape index (κ2) is 8.62. The minimum atomic E-state index is 0.0957. The van der Waals surface area contributed by atoms with Gasteiger partial charge in [-0.2, -0.15) is 4.68 Å². The minimum absolute atomic E-state index is 0.0957. The number of carbonyl (C=O) groups excluding carboxylic acids is 1. The molecule has 0 bridgehead atoms. The van der Waals surface area contributed by atoms with Gasteiger partial charge in [0.25, 0.3) is 0 Å². The SMILES string of the molecule is O=C(CSc1nnnn1-c1ccccc1)N1CCN(c2cccc(Cl)c2)CC1. The Balaban J connectivity index is 1.32. The van der Waals surface area contributed by atoms with Crippen molar-refractivity contribution >= 4 is 35.0 Å². The van der Waals surface area contributed by atoms with Crippen LogP contribution in [0.3, 0.4) is 0 Å². The fourth-order valence-electron chi connectivity index (χ4n) is 3.10. The maximum Gasteiger partial charge on any atom is 0.233 e. The summed E-state index contributed by atoms with van der Waals surface area (Å²) < 4.78 is 1.65. The van der Waals surface area contributed by atoms with E-state index in [1.54, 1.807) is 4.68 Å². The van der Waals surface area contributed by atoms with Crippen LogP contribution < -0.4 is 4.90 Å². The quantitative estimate of drug-likeness (QED) is 0.598.